The van der Waals surface area contributed by atoms with E-state index in [1.807, 2.05) is 43.3 Å². The molecule has 4 rings (SSSR count). The number of hydrogen-bond acceptors (Lipinski definition) is 5. The zero-order valence-electron chi connectivity index (χ0n) is 17.0. The van der Waals surface area contributed by atoms with E-state index >= 15 is 0 Å². The number of para-hydroxylation sites is 1. The van der Waals surface area contributed by atoms with E-state index in [-0.39, 0.29) is 24.7 Å². The maximum absolute atomic E-state index is 12.5. The minimum absolute atomic E-state index is 0.00751. The number of ether oxygens (including phenoxy) is 2. The molecule has 2 aromatic rings. The molecule has 3 heterocycles. The number of aromatic nitrogens is 1. The lowest BCUT2D eigenvalue weighted by atomic mass is 10.1. The van der Waals surface area contributed by atoms with Crippen LogP contribution in [0.3, 0.4) is 0 Å². The lowest BCUT2D eigenvalue weighted by Gasteiger charge is -2.20. The van der Waals surface area contributed by atoms with Gasteiger partial charge in [0.2, 0.25) is 0 Å². The molecule has 2 aliphatic rings. The Kier molecular flexibility index (Phi) is 6.42. The van der Waals surface area contributed by atoms with Gasteiger partial charge in [0.25, 0.3) is 5.91 Å². The van der Waals surface area contributed by atoms with E-state index in [1.54, 1.807) is 0 Å². The van der Waals surface area contributed by atoms with E-state index in [0.717, 1.165) is 61.6 Å². The summed E-state index contributed by atoms with van der Waals surface area (Å²) in [5.74, 6) is 0.700. The summed E-state index contributed by atoms with van der Waals surface area (Å²) < 4.78 is 12.0. The fourth-order valence-electron chi connectivity index (χ4n) is 4.10. The number of hydrogen-bond donors (Lipinski definition) is 1. The van der Waals surface area contributed by atoms with Gasteiger partial charge in [-0.05, 0) is 49.9 Å². The van der Waals surface area contributed by atoms with Gasteiger partial charge in [0, 0.05) is 31.9 Å². The summed E-state index contributed by atoms with van der Waals surface area (Å²) in [4.78, 5) is 19.4. The number of pyridine rings is 1. The highest BCUT2D eigenvalue weighted by Crippen LogP contribution is 2.22. The second-order valence-electron chi connectivity index (χ2n) is 7.90. The van der Waals surface area contributed by atoms with Crippen molar-refractivity contribution >= 4 is 5.91 Å². The molecule has 2 aliphatic heterocycles. The molecule has 1 aromatic heterocycles. The first-order valence-electron chi connectivity index (χ1n) is 10.4. The number of carbonyl (C=O) groups excluding carboxylic acids is 1. The van der Waals surface area contributed by atoms with Gasteiger partial charge >= 0.3 is 0 Å². The van der Waals surface area contributed by atoms with Gasteiger partial charge in [-0.2, -0.15) is 0 Å². The van der Waals surface area contributed by atoms with Crippen LogP contribution in [0.15, 0.2) is 42.5 Å². The molecule has 1 aromatic carbocycles. The predicted molar refractivity (Wildman–Crippen MR) is 111 cm³/mol. The van der Waals surface area contributed by atoms with Gasteiger partial charge in [0.15, 0.2) is 6.61 Å². The average Bonchev–Trinajstić information content (AvgIpc) is 3.07. The van der Waals surface area contributed by atoms with Crippen LogP contribution >= 0.6 is 0 Å². The lowest BCUT2D eigenvalue weighted by Crippen LogP contribution is -2.45. The van der Waals surface area contributed by atoms with Gasteiger partial charge in [-0.15, -0.1) is 0 Å². The third kappa shape index (κ3) is 5.34. The van der Waals surface area contributed by atoms with Crippen molar-refractivity contribution in [3.8, 4) is 5.75 Å². The quantitative estimate of drug-likeness (QED) is 0.847. The van der Waals surface area contributed by atoms with E-state index in [9.17, 15) is 4.79 Å². The summed E-state index contributed by atoms with van der Waals surface area (Å²) in [5, 5.41) is 3.12. The molecule has 0 radical (unpaired) electrons. The molecular formula is C23H29N3O3. The molecule has 2 atom stereocenters. The van der Waals surface area contributed by atoms with Crippen LogP contribution in [-0.2, 0) is 22.5 Å². The smallest absolute Gasteiger partial charge is 0.258 e. The Bertz CT molecular complexity index is 842. The van der Waals surface area contributed by atoms with Crippen molar-refractivity contribution in [2.45, 2.75) is 44.9 Å². The molecule has 6 heteroatoms. The number of aryl methyl sites for hydroxylation is 2. The van der Waals surface area contributed by atoms with Crippen LogP contribution in [0.4, 0.5) is 0 Å². The van der Waals surface area contributed by atoms with Gasteiger partial charge in [0.05, 0.1) is 17.8 Å². The number of fused-ring (bicyclic) bond motifs is 2. The molecule has 0 bridgehead atoms. The second kappa shape index (κ2) is 9.37. The number of amides is 1. The highest BCUT2D eigenvalue weighted by atomic mass is 16.5. The van der Waals surface area contributed by atoms with Crippen molar-refractivity contribution in [2.24, 2.45) is 0 Å². The van der Waals surface area contributed by atoms with E-state index < -0.39 is 0 Å². The Balaban J connectivity index is 1.42. The fraction of sp³-hybridized carbons (Fsp3) is 0.478. The van der Waals surface area contributed by atoms with Crippen LogP contribution in [0, 0.1) is 6.92 Å². The lowest BCUT2D eigenvalue weighted by molar-refractivity contribution is -0.124. The Morgan fingerprint density at radius 1 is 1.14 bits per heavy atom. The van der Waals surface area contributed by atoms with Gasteiger partial charge in [-0.3, -0.25) is 14.7 Å². The summed E-state index contributed by atoms with van der Waals surface area (Å²) in [6.45, 7) is 5.04. The Labute approximate surface area is 172 Å². The summed E-state index contributed by atoms with van der Waals surface area (Å²) in [6.07, 6.45) is 2.95. The highest BCUT2D eigenvalue weighted by Gasteiger charge is 2.34. The molecule has 154 valence electrons. The first-order chi connectivity index (χ1) is 14.2. The Hall–Kier alpha value is -2.44. The molecule has 0 saturated carbocycles. The van der Waals surface area contributed by atoms with Crippen molar-refractivity contribution in [3.05, 3.63) is 59.4 Å². The number of rotatable bonds is 2. The van der Waals surface area contributed by atoms with Crippen LogP contribution in [0.5, 0.6) is 5.75 Å². The minimum Gasteiger partial charge on any atom is -0.483 e. The molecule has 1 N–H and O–H groups in total. The average molecular weight is 396 g/mol. The van der Waals surface area contributed by atoms with Gasteiger partial charge in [0.1, 0.15) is 5.75 Å². The third-order valence-corrected chi connectivity index (χ3v) is 5.52. The summed E-state index contributed by atoms with van der Waals surface area (Å²) in [7, 11) is 0. The van der Waals surface area contributed by atoms with Crippen molar-refractivity contribution < 1.29 is 14.3 Å². The number of nitrogens with one attached hydrogen (secondary N) is 1. The van der Waals surface area contributed by atoms with Crippen molar-refractivity contribution in [1.29, 1.82) is 0 Å². The van der Waals surface area contributed by atoms with Crippen LogP contribution in [-0.4, -0.2) is 54.2 Å². The SMILES string of the molecule is Cc1cccc(CN2C[C@H]3NC(=O)COc4ccccc4CCCCO[C@@H]3C2)n1. The highest BCUT2D eigenvalue weighted by molar-refractivity contribution is 5.78. The molecule has 1 amide bonds. The summed E-state index contributed by atoms with van der Waals surface area (Å²) in [6, 6.07) is 14.0. The van der Waals surface area contributed by atoms with Crippen LogP contribution in [0.1, 0.15) is 29.8 Å². The topological polar surface area (TPSA) is 63.7 Å². The van der Waals surface area contributed by atoms with Crippen molar-refractivity contribution in [2.75, 3.05) is 26.3 Å². The Morgan fingerprint density at radius 3 is 2.93 bits per heavy atom. The van der Waals surface area contributed by atoms with E-state index in [4.69, 9.17) is 9.47 Å². The van der Waals surface area contributed by atoms with Crippen LogP contribution < -0.4 is 10.1 Å². The van der Waals surface area contributed by atoms with Gasteiger partial charge in [-0.25, -0.2) is 0 Å². The van der Waals surface area contributed by atoms with Gasteiger partial charge < -0.3 is 14.8 Å². The maximum Gasteiger partial charge on any atom is 0.258 e. The number of benzene rings is 1. The monoisotopic (exact) mass is 395 g/mol. The predicted octanol–water partition coefficient (Wildman–Crippen LogP) is 2.49. The number of nitrogens with zero attached hydrogens (tertiary/aromatic N) is 2. The van der Waals surface area contributed by atoms with E-state index in [2.05, 4.69) is 21.3 Å². The largest absolute Gasteiger partial charge is 0.483 e. The zero-order chi connectivity index (χ0) is 20.1. The molecule has 0 unspecified atom stereocenters. The second-order valence-corrected chi connectivity index (χ2v) is 7.90. The standard InChI is InChI=1S/C23H29N3O3/c1-17-7-6-10-19(24-17)13-26-14-20-22(15-26)28-12-5-4-9-18-8-2-3-11-21(18)29-16-23(27)25-20/h2-3,6-8,10-11,20,22H,4-5,9,12-16H2,1H3,(H,25,27)/t20-,22-/m1/s1. The molecule has 6 nitrogen and oxygen atoms in total. The molecule has 1 saturated heterocycles. The van der Waals surface area contributed by atoms with Crippen LogP contribution in [0.25, 0.3) is 0 Å². The van der Waals surface area contributed by atoms with Crippen LogP contribution in [0.2, 0.25) is 0 Å². The Morgan fingerprint density at radius 2 is 2.03 bits per heavy atom. The number of likely N-dealkylation sites (tertiary alicyclic amines) is 1. The molecule has 0 aliphatic carbocycles. The van der Waals surface area contributed by atoms with E-state index in [1.165, 1.54) is 0 Å². The molecule has 1 fully saturated rings. The summed E-state index contributed by atoms with van der Waals surface area (Å²) in [5.41, 5.74) is 3.22. The van der Waals surface area contributed by atoms with Gasteiger partial charge in [-0.1, -0.05) is 24.3 Å². The minimum atomic E-state index is -0.104. The fourth-order valence-corrected chi connectivity index (χ4v) is 4.10. The van der Waals surface area contributed by atoms with E-state index in [0.29, 0.717) is 6.61 Å². The first-order valence-corrected chi connectivity index (χ1v) is 10.4. The maximum atomic E-state index is 12.5. The zero-order valence-corrected chi connectivity index (χ0v) is 17.0. The van der Waals surface area contributed by atoms with Crippen molar-refractivity contribution in [3.63, 3.8) is 0 Å². The molecular weight excluding hydrogens is 366 g/mol. The molecule has 29 heavy (non-hydrogen) atoms. The number of carbonyl (C=O) groups is 1. The van der Waals surface area contributed by atoms with Crippen molar-refractivity contribution in [1.82, 2.24) is 15.2 Å². The first kappa shape index (κ1) is 19.9. The third-order valence-electron chi connectivity index (χ3n) is 5.52. The normalized spacial score (nSPS) is 23.6. The molecule has 0 spiro atoms. The summed E-state index contributed by atoms with van der Waals surface area (Å²) >= 11 is 0.